The number of benzene rings is 1. The topological polar surface area (TPSA) is 44.0 Å². The van der Waals surface area contributed by atoms with Crippen LogP contribution in [-0.2, 0) is 18.6 Å². The smallest absolute Gasteiger partial charge is 0.133 e. The van der Waals surface area contributed by atoms with Gasteiger partial charge in [-0.15, -0.1) is 13.2 Å². The van der Waals surface area contributed by atoms with Crippen LogP contribution >= 0.6 is 11.8 Å². The number of allylic oxidation sites excluding steroid dienone is 2. The van der Waals surface area contributed by atoms with E-state index in [4.69, 9.17) is 5.26 Å². The average molecular weight is 245 g/mol. The van der Waals surface area contributed by atoms with Gasteiger partial charge in [0.2, 0.25) is 0 Å². The Labute approximate surface area is 106 Å². The van der Waals surface area contributed by atoms with Crippen LogP contribution in [0.1, 0.15) is 16.7 Å². The first-order valence-corrected chi connectivity index (χ1v) is 6.28. The Balaban J connectivity index is 3.20. The summed E-state index contributed by atoms with van der Waals surface area (Å²) in [7, 11) is 0. The minimum Gasteiger partial charge on any atom is -0.508 e. The molecule has 0 atom stereocenters. The molecular formula is C14H15NOS. The number of phenols is 1. The molecule has 0 amide bonds. The molecule has 0 radical (unpaired) electrons. The number of rotatable bonds is 6. The van der Waals surface area contributed by atoms with Gasteiger partial charge in [0.15, 0.2) is 0 Å². The molecule has 0 fully saturated rings. The molecule has 0 aliphatic heterocycles. The molecule has 0 saturated carbocycles. The van der Waals surface area contributed by atoms with E-state index in [1.165, 1.54) is 11.8 Å². The van der Waals surface area contributed by atoms with Crippen LogP contribution in [0.3, 0.4) is 0 Å². The molecule has 0 aromatic heterocycles. The third-order valence-corrected chi connectivity index (χ3v) is 3.08. The fourth-order valence-electron chi connectivity index (χ4n) is 1.75. The zero-order valence-corrected chi connectivity index (χ0v) is 10.5. The normalized spacial score (nSPS) is 9.59. The van der Waals surface area contributed by atoms with Crippen molar-refractivity contribution >= 4 is 11.8 Å². The van der Waals surface area contributed by atoms with Gasteiger partial charge in [-0.1, -0.05) is 18.2 Å². The highest BCUT2D eigenvalue weighted by molar-refractivity contribution is 8.02. The molecule has 0 bridgehead atoms. The zero-order valence-electron chi connectivity index (χ0n) is 9.65. The van der Waals surface area contributed by atoms with Crippen molar-refractivity contribution < 1.29 is 5.11 Å². The molecule has 0 spiro atoms. The Bertz CT molecular complexity index is 460. The second kappa shape index (κ2) is 6.82. The molecule has 17 heavy (non-hydrogen) atoms. The summed E-state index contributed by atoms with van der Waals surface area (Å²) in [5, 5.41) is 20.5. The Kier molecular flexibility index (Phi) is 5.38. The van der Waals surface area contributed by atoms with Crippen LogP contribution in [0, 0.1) is 10.7 Å². The molecule has 2 nitrogen and oxygen atoms in total. The first kappa shape index (κ1) is 13.4. The van der Waals surface area contributed by atoms with Gasteiger partial charge in [0.1, 0.15) is 11.2 Å². The van der Waals surface area contributed by atoms with Crippen molar-refractivity contribution in [3.05, 3.63) is 54.1 Å². The van der Waals surface area contributed by atoms with Crippen LogP contribution in [0.2, 0.25) is 0 Å². The molecule has 0 unspecified atom stereocenters. The maximum Gasteiger partial charge on any atom is 0.133 e. The monoisotopic (exact) mass is 245 g/mol. The SMILES string of the molecule is C=CCc1c(O)ccc(CSC#N)c1CC=C. The van der Waals surface area contributed by atoms with E-state index in [9.17, 15) is 5.11 Å². The summed E-state index contributed by atoms with van der Waals surface area (Å²) in [6, 6.07) is 3.55. The molecule has 0 aliphatic rings. The highest BCUT2D eigenvalue weighted by atomic mass is 32.2. The Morgan fingerprint density at radius 3 is 2.47 bits per heavy atom. The molecule has 1 rings (SSSR count). The van der Waals surface area contributed by atoms with E-state index >= 15 is 0 Å². The van der Waals surface area contributed by atoms with Gasteiger partial charge in [-0.2, -0.15) is 5.26 Å². The van der Waals surface area contributed by atoms with Crippen LogP contribution in [0.15, 0.2) is 37.4 Å². The average Bonchev–Trinajstić information content (AvgIpc) is 2.33. The molecule has 1 aromatic rings. The first-order valence-electron chi connectivity index (χ1n) is 5.29. The maximum atomic E-state index is 9.85. The number of thiocyanates is 1. The zero-order chi connectivity index (χ0) is 12.7. The van der Waals surface area contributed by atoms with Crippen molar-refractivity contribution in [3.8, 4) is 11.2 Å². The summed E-state index contributed by atoms with van der Waals surface area (Å²) in [5.41, 5.74) is 3.02. The molecule has 0 heterocycles. The van der Waals surface area contributed by atoms with Gasteiger partial charge >= 0.3 is 0 Å². The lowest BCUT2D eigenvalue weighted by Gasteiger charge is -2.13. The van der Waals surface area contributed by atoms with Crippen molar-refractivity contribution in [1.29, 1.82) is 5.26 Å². The summed E-state index contributed by atoms with van der Waals surface area (Å²) in [6.07, 6.45) is 4.89. The predicted molar refractivity (Wildman–Crippen MR) is 72.8 cm³/mol. The number of hydrogen-bond donors (Lipinski definition) is 1. The van der Waals surface area contributed by atoms with Crippen LogP contribution in [0.4, 0.5) is 0 Å². The van der Waals surface area contributed by atoms with Crippen molar-refractivity contribution in [2.45, 2.75) is 18.6 Å². The van der Waals surface area contributed by atoms with Crippen LogP contribution in [-0.4, -0.2) is 5.11 Å². The van der Waals surface area contributed by atoms with E-state index in [0.29, 0.717) is 18.6 Å². The van der Waals surface area contributed by atoms with Crippen molar-refractivity contribution in [2.75, 3.05) is 0 Å². The van der Waals surface area contributed by atoms with E-state index in [1.807, 2.05) is 12.1 Å². The summed E-state index contributed by atoms with van der Waals surface area (Å²) in [5.74, 6) is 0.914. The minimum absolute atomic E-state index is 0.285. The number of thioether (sulfide) groups is 1. The van der Waals surface area contributed by atoms with E-state index in [0.717, 1.165) is 16.7 Å². The predicted octanol–water partition coefficient (Wildman–Crippen LogP) is 3.56. The summed E-state index contributed by atoms with van der Waals surface area (Å²) < 4.78 is 0. The van der Waals surface area contributed by atoms with E-state index in [2.05, 4.69) is 18.6 Å². The maximum absolute atomic E-state index is 9.85. The second-order valence-electron chi connectivity index (χ2n) is 3.57. The third kappa shape index (κ3) is 3.40. The number of aromatic hydroxyl groups is 1. The number of phenolic OH excluding ortho intramolecular Hbond substituents is 1. The van der Waals surface area contributed by atoms with Gasteiger partial charge in [-0.05, 0) is 41.8 Å². The molecule has 1 N–H and O–H groups in total. The quantitative estimate of drug-likeness (QED) is 0.615. The molecule has 3 heteroatoms. The number of nitrogens with zero attached hydrogens (tertiary/aromatic N) is 1. The Hall–Kier alpha value is -1.66. The second-order valence-corrected chi connectivity index (χ2v) is 4.33. The number of nitriles is 1. The summed E-state index contributed by atoms with van der Waals surface area (Å²) in [4.78, 5) is 0. The molecule has 0 saturated heterocycles. The van der Waals surface area contributed by atoms with E-state index in [1.54, 1.807) is 12.1 Å². The van der Waals surface area contributed by atoms with Crippen LogP contribution in [0.5, 0.6) is 5.75 Å². The van der Waals surface area contributed by atoms with E-state index < -0.39 is 0 Å². The lowest BCUT2D eigenvalue weighted by atomic mass is 9.96. The van der Waals surface area contributed by atoms with Crippen LogP contribution < -0.4 is 0 Å². The first-order chi connectivity index (χ1) is 8.24. The molecule has 1 aromatic carbocycles. The standard InChI is InChI=1S/C14H15NOS/c1-3-5-12-11(9-17-10-15)7-8-14(16)13(12)6-4-2/h3-4,7-8,16H,1-2,5-6,9H2. The fraction of sp³-hybridized carbons (Fsp3) is 0.214. The molecule has 88 valence electrons. The van der Waals surface area contributed by atoms with Gasteiger partial charge in [0, 0.05) is 11.3 Å². The van der Waals surface area contributed by atoms with Gasteiger partial charge in [-0.3, -0.25) is 0 Å². The third-order valence-electron chi connectivity index (χ3n) is 2.49. The summed E-state index contributed by atoms with van der Waals surface area (Å²) in [6.45, 7) is 7.42. The minimum atomic E-state index is 0.285. The van der Waals surface area contributed by atoms with Crippen LogP contribution in [0.25, 0.3) is 0 Å². The highest BCUT2D eigenvalue weighted by Gasteiger charge is 2.10. The largest absolute Gasteiger partial charge is 0.508 e. The fourth-order valence-corrected chi connectivity index (χ4v) is 2.24. The van der Waals surface area contributed by atoms with Crippen molar-refractivity contribution in [1.82, 2.24) is 0 Å². The van der Waals surface area contributed by atoms with E-state index in [-0.39, 0.29) is 5.75 Å². The Morgan fingerprint density at radius 1 is 1.24 bits per heavy atom. The number of hydrogen-bond acceptors (Lipinski definition) is 3. The van der Waals surface area contributed by atoms with Gasteiger partial charge in [0.25, 0.3) is 0 Å². The van der Waals surface area contributed by atoms with Crippen molar-refractivity contribution in [3.63, 3.8) is 0 Å². The van der Waals surface area contributed by atoms with Gasteiger partial charge in [-0.25, -0.2) is 0 Å². The summed E-state index contributed by atoms with van der Waals surface area (Å²) >= 11 is 1.20. The van der Waals surface area contributed by atoms with Gasteiger partial charge < -0.3 is 5.11 Å². The van der Waals surface area contributed by atoms with Crippen molar-refractivity contribution in [2.24, 2.45) is 0 Å². The molecular weight excluding hydrogens is 230 g/mol. The molecule has 0 aliphatic carbocycles. The lowest BCUT2D eigenvalue weighted by molar-refractivity contribution is 0.468. The van der Waals surface area contributed by atoms with Gasteiger partial charge in [0.05, 0.1) is 0 Å². The highest BCUT2D eigenvalue weighted by Crippen LogP contribution is 2.28. The Morgan fingerprint density at radius 2 is 1.88 bits per heavy atom. The lowest BCUT2D eigenvalue weighted by Crippen LogP contribution is -1.98.